The first-order chi connectivity index (χ1) is 13.5. The summed E-state index contributed by atoms with van der Waals surface area (Å²) in [5.74, 6) is 0.663. The van der Waals surface area contributed by atoms with Gasteiger partial charge in [0.15, 0.2) is 18.1 Å². The fourth-order valence-corrected chi connectivity index (χ4v) is 2.71. The number of hydrogen-bond acceptors (Lipinski definition) is 6. The van der Waals surface area contributed by atoms with E-state index >= 15 is 0 Å². The highest BCUT2D eigenvalue weighted by Crippen LogP contribution is 2.31. The van der Waals surface area contributed by atoms with Crippen molar-refractivity contribution in [1.29, 1.82) is 0 Å². The molecule has 1 aliphatic rings. The Hall–Kier alpha value is -3.19. The monoisotopic (exact) mass is 403 g/mol. The van der Waals surface area contributed by atoms with Crippen LogP contribution < -0.4 is 19.5 Å². The molecule has 0 aliphatic carbocycles. The zero-order chi connectivity index (χ0) is 19.9. The molecule has 2 aromatic carbocycles. The number of ether oxygens (including phenoxy) is 4. The Labute approximate surface area is 166 Å². The van der Waals surface area contributed by atoms with E-state index in [0.29, 0.717) is 41.2 Å². The van der Waals surface area contributed by atoms with Gasteiger partial charge in [-0.3, -0.25) is 4.79 Å². The normalized spacial score (nSPS) is 12.5. The zero-order valence-corrected chi connectivity index (χ0v) is 15.8. The highest BCUT2D eigenvalue weighted by Gasteiger charge is 2.11. The van der Waals surface area contributed by atoms with Crippen molar-refractivity contribution in [3.8, 4) is 17.2 Å². The van der Waals surface area contributed by atoms with Gasteiger partial charge in [-0.2, -0.15) is 0 Å². The second-order valence-electron chi connectivity index (χ2n) is 5.74. The number of carbonyl (C=O) groups is 2. The number of methoxy groups -OCH3 is 1. The number of rotatable bonds is 6. The molecule has 7 nitrogen and oxygen atoms in total. The molecule has 0 atom stereocenters. The number of carbonyl (C=O) groups excluding carboxylic acids is 2. The van der Waals surface area contributed by atoms with Crippen LogP contribution in [0, 0.1) is 0 Å². The van der Waals surface area contributed by atoms with E-state index in [2.05, 4.69) is 5.32 Å². The van der Waals surface area contributed by atoms with Crippen molar-refractivity contribution in [3.05, 3.63) is 53.1 Å². The minimum atomic E-state index is -0.641. The van der Waals surface area contributed by atoms with Crippen molar-refractivity contribution in [3.63, 3.8) is 0 Å². The maximum atomic E-state index is 11.9. The van der Waals surface area contributed by atoms with Crippen LogP contribution in [0.5, 0.6) is 17.2 Å². The van der Waals surface area contributed by atoms with Gasteiger partial charge < -0.3 is 24.3 Å². The van der Waals surface area contributed by atoms with Gasteiger partial charge >= 0.3 is 5.97 Å². The molecule has 1 heterocycles. The van der Waals surface area contributed by atoms with Crippen molar-refractivity contribution in [1.82, 2.24) is 0 Å². The minimum Gasteiger partial charge on any atom is -0.495 e. The predicted octanol–water partition coefficient (Wildman–Crippen LogP) is 3.31. The fraction of sp³-hybridized carbons (Fsp3) is 0.200. The maximum Gasteiger partial charge on any atom is 0.331 e. The maximum absolute atomic E-state index is 11.9. The predicted molar refractivity (Wildman–Crippen MR) is 104 cm³/mol. The van der Waals surface area contributed by atoms with Crippen LogP contribution in [0.2, 0.25) is 5.02 Å². The average Bonchev–Trinajstić information content (AvgIpc) is 2.70. The van der Waals surface area contributed by atoms with Crippen LogP contribution >= 0.6 is 11.6 Å². The molecule has 0 fully saturated rings. The summed E-state index contributed by atoms with van der Waals surface area (Å²) >= 11 is 6.00. The first-order valence-corrected chi connectivity index (χ1v) is 8.81. The molecular weight excluding hydrogens is 386 g/mol. The molecule has 0 bridgehead atoms. The Bertz CT molecular complexity index is 912. The van der Waals surface area contributed by atoms with E-state index in [1.165, 1.54) is 13.2 Å². The Morgan fingerprint density at radius 3 is 2.68 bits per heavy atom. The van der Waals surface area contributed by atoms with Gasteiger partial charge in [0.05, 0.1) is 12.1 Å². The lowest BCUT2D eigenvalue weighted by Crippen LogP contribution is -2.20. The zero-order valence-electron chi connectivity index (χ0n) is 15.1. The molecule has 0 saturated heterocycles. The lowest BCUT2D eigenvalue weighted by molar-refractivity contribution is -0.142. The summed E-state index contributed by atoms with van der Waals surface area (Å²) in [4.78, 5) is 23.7. The number of halogens is 1. The third kappa shape index (κ3) is 5.17. The first-order valence-electron chi connectivity index (χ1n) is 8.43. The van der Waals surface area contributed by atoms with E-state index in [1.54, 1.807) is 42.5 Å². The second-order valence-corrected chi connectivity index (χ2v) is 6.15. The summed E-state index contributed by atoms with van der Waals surface area (Å²) in [5.41, 5.74) is 1.22. The van der Waals surface area contributed by atoms with Crippen LogP contribution in [-0.2, 0) is 14.3 Å². The Morgan fingerprint density at radius 2 is 1.93 bits per heavy atom. The first kappa shape index (κ1) is 19.6. The van der Waals surface area contributed by atoms with Crippen molar-refractivity contribution in [2.24, 2.45) is 0 Å². The highest BCUT2D eigenvalue weighted by molar-refractivity contribution is 6.32. The topological polar surface area (TPSA) is 83.1 Å². The fourth-order valence-electron chi connectivity index (χ4n) is 2.45. The Balaban J connectivity index is 1.49. The van der Waals surface area contributed by atoms with E-state index in [0.717, 1.165) is 5.56 Å². The van der Waals surface area contributed by atoms with E-state index in [4.69, 9.17) is 30.5 Å². The molecule has 28 heavy (non-hydrogen) atoms. The SMILES string of the molecule is COc1ccc(NC(=O)COC(=O)/C=C/c2ccc3c(c2)OCCO3)cc1Cl. The Kier molecular flexibility index (Phi) is 6.39. The lowest BCUT2D eigenvalue weighted by Gasteiger charge is -2.18. The summed E-state index contributed by atoms with van der Waals surface area (Å²) < 4.78 is 20.9. The largest absolute Gasteiger partial charge is 0.495 e. The van der Waals surface area contributed by atoms with Crippen LogP contribution in [0.15, 0.2) is 42.5 Å². The average molecular weight is 404 g/mol. The molecule has 1 N–H and O–H groups in total. The molecule has 0 saturated carbocycles. The smallest absolute Gasteiger partial charge is 0.331 e. The molecule has 0 radical (unpaired) electrons. The molecule has 1 aliphatic heterocycles. The molecule has 2 aromatic rings. The van der Waals surface area contributed by atoms with Crippen LogP contribution in [0.4, 0.5) is 5.69 Å². The van der Waals surface area contributed by atoms with Gasteiger partial charge in [0.25, 0.3) is 5.91 Å². The molecular formula is C20H18ClNO6. The van der Waals surface area contributed by atoms with Crippen molar-refractivity contribution < 1.29 is 28.5 Å². The number of hydrogen-bond donors (Lipinski definition) is 1. The minimum absolute atomic E-state index is 0.361. The number of fused-ring (bicyclic) bond motifs is 1. The molecule has 3 rings (SSSR count). The summed E-state index contributed by atoms with van der Waals surface area (Å²) in [6.07, 6.45) is 2.81. The van der Waals surface area contributed by atoms with Gasteiger partial charge in [-0.1, -0.05) is 17.7 Å². The van der Waals surface area contributed by atoms with E-state index in [1.807, 2.05) is 0 Å². The van der Waals surface area contributed by atoms with E-state index < -0.39 is 18.5 Å². The van der Waals surface area contributed by atoms with Gasteiger partial charge in [0, 0.05) is 11.8 Å². The van der Waals surface area contributed by atoms with Crippen molar-refractivity contribution in [2.75, 3.05) is 32.2 Å². The Morgan fingerprint density at radius 1 is 1.14 bits per heavy atom. The van der Waals surface area contributed by atoms with Crippen molar-refractivity contribution >= 4 is 35.2 Å². The van der Waals surface area contributed by atoms with Gasteiger partial charge in [-0.15, -0.1) is 0 Å². The molecule has 0 unspecified atom stereocenters. The second kappa shape index (κ2) is 9.14. The lowest BCUT2D eigenvalue weighted by atomic mass is 10.2. The molecule has 8 heteroatoms. The summed E-state index contributed by atoms with van der Waals surface area (Å²) in [7, 11) is 1.50. The summed E-state index contributed by atoms with van der Waals surface area (Å²) in [5, 5.41) is 2.95. The van der Waals surface area contributed by atoms with E-state index in [9.17, 15) is 9.59 Å². The highest BCUT2D eigenvalue weighted by atomic mass is 35.5. The quantitative estimate of drug-likeness (QED) is 0.588. The number of esters is 1. The summed E-state index contributed by atoms with van der Waals surface area (Å²) in [6.45, 7) is 0.573. The van der Waals surface area contributed by atoms with Crippen LogP contribution in [0.3, 0.4) is 0 Å². The summed E-state index contributed by atoms with van der Waals surface area (Å²) in [6, 6.07) is 10.1. The molecule has 0 aromatic heterocycles. The number of nitrogens with one attached hydrogen (secondary N) is 1. The molecule has 0 spiro atoms. The number of anilines is 1. The van der Waals surface area contributed by atoms with Gasteiger partial charge in [0.2, 0.25) is 0 Å². The van der Waals surface area contributed by atoms with Gasteiger partial charge in [0.1, 0.15) is 19.0 Å². The standard InChI is InChI=1S/C20H18ClNO6/c1-25-16-6-4-14(11-15(16)21)22-19(23)12-28-20(24)7-3-13-2-5-17-18(10-13)27-9-8-26-17/h2-7,10-11H,8-9,12H2,1H3,(H,22,23)/b7-3+. The van der Waals surface area contributed by atoms with E-state index in [-0.39, 0.29) is 0 Å². The number of benzene rings is 2. The van der Waals surface area contributed by atoms with Crippen LogP contribution in [0.1, 0.15) is 5.56 Å². The van der Waals surface area contributed by atoms with Gasteiger partial charge in [-0.05, 0) is 42.0 Å². The number of amides is 1. The molecule has 1 amide bonds. The van der Waals surface area contributed by atoms with Crippen LogP contribution in [-0.4, -0.2) is 38.8 Å². The third-order valence-corrected chi connectivity index (χ3v) is 4.05. The molecule has 146 valence electrons. The van der Waals surface area contributed by atoms with Crippen LogP contribution in [0.25, 0.3) is 6.08 Å². The van der Waals surface area contributed by atoms with Gasteiger partial charge in [-0.25, -0.2) is 4.79 Å². The third-order valence-electron chi connectivity index (χ3n) is 3.76. The van der Waals surface area contributed by atoms with Crippen molar-refractivity contribution in [2.45, 2.75) is 0 Å².